The fraction of sp³-hybridized carbons (Fsp3) is 0.190. The molecule has 0 saturated heterocycles. The molecular formula is C21H20ClNO2S. The van der Waals surface area contributed by atoms with Gasteiger partial charge in [0.2, 0.25) is 0 Å². The second-order valence-electron chi connectivity index (χ2n) is 6.17. The quantitative estimate of drug-likeness (QED) is 0.571. The molecule has 5 heteroatoms. The van der Waals surface area contributed by atoms with E-state index in [1.807, 2.05) is 49.6 Å². The van der Waals surface area contributed by atoms with Crippen LogP contribution >= 0.6 is 22.9 Å². The summed E-state index contributed by atoms with van der Waals surface area (Å²) in [7, 11) is 0. The van der Waals surface area contributed by atoms with Gasteiger partial charge in [-0.15, -0.1) is 11.3 Å². The molecule has 0 aliphatic rings. The summed E-state index contributed by atoms with van der Waals surface area (Å²) in [6, 6.07) is 13.3. The third kappa shape index (κ3) is 4.09. The topological polar surface area (TPSA) is 38.3 Å². The fourth-order valence-electron chi connectivity index (χ4n) is 2.54. The zero-order valence-electron chi connectivity index (χ0n) is 14.9. The van der Waals surface area contributed by atoms with Gasteiger partial charge in [0.15, 0.2) is 0 Å². The Labute approximate surface area is 162 Å². The number of rotatable bonds is 5. The van der Waals surface area contributed by atoms with E-state index in [-0.39, 0.29) is 5.91 Å². The van der Waals surface area contributed by atoms with Crippen molar-refractivity contribution in [2.45, 2.75) is 27.4 Å². The van der Waals surface area contributed by atoms with E-state index in [9.17, 15) is 4.79 Å². The van der Waals surface area contributed by atoms with Crippen LogP contribution in [0.25, 0.3) is 0 Å². The molecule has 1 amide bonds. The lowest BCUT2D eigenvalue weighted by atomic mass is 10.1. The molecule has 3 nitrogen and oxygen atoms in total. The molecule has 0 bridgehead atoms. The Morgan fingerprint density at radius 1 is 1.12 bits per heavy atom. The van der Waals surface area contributed by atoms with Gasteiger partial charge in [-0.1, -0.05) is 29.8 Å². The smallest absolute Gasteiger partial charge is 0.265 e. The Bertz CT molecular complexity index is 949. The van der Waals surface area contributed by atoms with Gasteiger partial charge in [-0.2, -0.15) is 0 Å². The lowest BCUT2D eigenvalue weighted by molar-refractivity contribution is 0.103. The average molecular weight is 386 g/mol. The lowest BCUT2D eigenvalue weighted by Crippen LogP contribution is -2.11. The van der Waals surface area contributed by atoms with Crippen LogP contribution in [0.3, 0.4) is 0 Å². The predicted molar refractivity (Wildman–Crippen MR) is 109 cm³/mol. The van der Waals surface area contributed by atoms with Crippen LogP contribution in [0.2, 0.25) is 5.02 Å². The molecule has 0 aliphatic carbocycles. The number of hydrogen-bond acceptors (Lipinski definition) is 3. The van der Waals surface area contributed by atoms with Crippen LogP contribution in [-0.2, 0) is 6.61 Å². The molecule has 0 saturated carbocycles. The third-order valence-corrected chi connectivity index (χ3v) is 5.73. The van der Waals surface area contributed by atoms with Crippen molar-refractivity contribution in [1.82, 2.24) is 0 Å². The minimum atomic E-state index is -0.140. The maximum Gasteiger partial charge on any atom is 0.265 e. The van der Waals surface area contributed by atoms with E-state index in [4.69, 9.17) is 16.3 Å². The molecule has 0 spiro atoms. The first-order chi connectivity index (χ1) is 12.5. The number of anilines is 1. The number of carbonyl (C=O) groups excluding carboxylic acids is 1. The van der Waals surface area contributed by atoms with E-state index in [1.54, 1.807) is 6.07 Å². The Kier molecular flexibility index (Phi) is 5.64. The SMILES string of the molecule is Cc1cccc(OCc2csc(C(=O)Nc3cccc(Cl)c3C)c2)c1C. The Hall–Kier alpha value is -2.30. The van der Waals surface area contributed by atoms with E-state index in [1.165, 1.54) is 16.9 Å². The van der Waals surface area contributed by atoms with Crippen LogP contribution in [0.1, 0.15) is 31.9 Å². The van der Waals surface area contributed by atoms with Crippen molar-refractivity contribution < 1.29 is 9.53 Å². The van der Waals surface area contributed by atoms with Crippen LogP contribution in [0.5, 0.6) is 5.75 Å². The van der Waals surface area contributed by atoms with Gasteiger partial charge in [-0.25, -0.2) is 0 Å². The number of halogens is 1. The van der Waals surface area contributed by atoms with Gasteiger partial charge in [0.1, 0.15) is 12.4 Å². The number of hydrogen-bond donors (Lipinski definition) is 1. The second-order valence-corrected chi connectivity index (χ2v) is 7.49. The number of amides is 1. The maximum atomic E-state index is 12.5. The summed E-state index contributed by atoms with van der Waals surface area (Å²) >= 11 is 7.51. The Balaban J connectivity index is 1.66. The van der Waals surface area contributed by atoms with Gasteiger partial charge in [0.25, 0.3) is 5.91 Å². The molecule has 3 aromatic rings. The zero-order chi connectivity index (χ0) is 18.7. The van der Waals surface area contributed by atoms with Gasteiger partial charge in [0.05, 0.1) is 4.88 Å². The molecule has 2 aromatic carbocycles. The normalized spacial score (nSPS) is 10.6. The zero-order valence-corrected chi connectivity index (χ0v) is 16.5. The monoisotopic (exact) mass is 385 g/mol. The summed E-state index contributed by atoms with van der Waals surface area (Å²) in [5.41, 5.74) is 4.90. The largest absolute Gasteiger partial charge is 0.489 e. The number of thiophene rings is 1. The lowest BCUT2D eigenvalue weighted by Gasteiger charge is -2.10. The van der Waals surface area contributed by atoms with Gasteiger partial charge in [-0.05, 0) is 67.1 Å². The van der Waals surface area contributed by atoms with Crippen molar-refractivity contribution in [3.8, 4) is 5.75 Å². The van der Waals surface area contributed by atoms with E-state index in [0.717, 1.165) is 28.1 Å². The Morgan fingerprint density at radius 3 is 2.69 bits per heavy atom. The molecular weight excluding hydrogens is 366 g/mol. The highest BCUT2D eigenvalue weighted by atomic mass is 35.5. The van der Waals surface area contributed by atoms with Crippen molar-refractivity contribution >= 4 is 34.5 Å². The van der Waals surface area contributed by atoms with E-state index >= 15 is 0 Å². The van der Waals surface area contributed by atoms with E-state index < -0.39 is 0 Å². The summed E-state index contributed by atoms with van der Waals surface area (Å²) in [5.74, 6) is 0.732. The molecule has 3 rings (SSSR count). The van der Waals surface area contributed by atoms with E-state index in [0.29, 0.717) is 16.5 Å². The molecule has 1 heterocycles. The van der Waals surface area contributed by atoms with Gasteiger partial charge >= 0.3 is 0 Å². The van der Waals surface area contributed by atoms with Crippen molar-refractivity contribution in [2.24, 2.45) is 0 Å². The summed E-state index contributed by atoms with van der Waals surface area (Å²) < 4.78 is 5.91. The molecule has 0 fully saturated rings. The number of aryl methyl sites for hydroxylation is 1. The summed E-state index contributed by atoms with van der Waals surface area (Å²) in [4.78, 5) is 13.1. The average Bonchev–Trinajstić information content (AvgIpc) is 3.09. The first-order valence-corrected chi connectivity index (χ1v) is 9.54. The highest BCUT2D eigenvalue weighted by Crippen LogP contribution is 2.26. The molecule has 1 aromatic heterocycles. The summed E-state index contributed by atoms with van der Waals surface area (Å²) in [5, 5.41) is 5.50. The Morgan fingerprint density at radius 2 is 1.88 bits per heavy atom. The van der Waals surface area contributed by atoms with Crippen molar-refractivity contribution in [3.63, 3.8) is 0 Å². The molecule has 0 radical (unpaired) electrons. The standard InChI is InChI=1S/C21H20ClNO2S/c1-13-6-4-9-19(14(13)2)25-11-16-10-20(26-12-16)21(24)23-18-8-5-7-17(22)15(18)3/h4-10,12H,11H2,1-3H3,(H,23,24). The van der Waals surface area contributed by atoms with Crippen LogP contribution in [0.4, 0.5) is 5.69 Å². The first-order valence-electron chi connectivity index (χ1n) is 8.28. The van der Waals surface area contributed by atoms with Crippen LogP contribution in [0.15, 0.2) is 47.8 Å². The molecule has 0 unspecified atom stereocenters. The molecule has 1 N–H and O–H groups in total. The summed E-state index contributed by atoms with van der Waals surface area (Å²) in [6.45, 7) is 6.43. The van der Waals surface area contributed by atoms with Gasteiger partial charge < -0.3 is 10.1 Å². The van der Waals surface area contributed by atoms with Gasteiger partial charge in [-0.3, -0.25) is 4.79 Å². The minimum absolute atomic E-state index is 0.140. The number of nitrogens with one attached hydrogen (secondary N) is 1. The second kappa shape index (κ2) is 7.94. The maximum absolute atomic E-state index is 12.5. The van der Waals surface area contributed by atoms with Crippen molar-refractivity contribution in [3.05, 3.63) is 80.0 Å². The molecule has 134 valence electrons. The number of carbonyl (C=O) groups is 1. The first kappa shape index (κ1) is 18.5. The molecule has 26 heavy (non-hydrogen) atoms. The van der Waals surface area contributed by atoms with Crippen LogP contribution < -0.4 is 10.1 Å². The van der Waals surface area contributed by atoms with Crippen LogP contribution in [0, 0.1) is 20.8 Å². The van der Waals surface area contributed by atoms with Crippen molar-refractivity contribution in [2.75, 3.05) is 5.32 Å². The van der Waals surface area contributed by atoms with Crippen LogP contribution in [-0.4, -0.2) is 5.91 Å². The molecule has 0 aliphatic heterocycles. The van der Waals surface area contributed by atoms with E-state index in [2.05, 4.69) is 18.3 Å². The minimum Gasteiger partial charge on any atom is -0.489 e. The molecule has 0 atom stereocenters. The predicted octanol–water partition coefficient (Wildman–Crippen LogP) is 6.16. The third-order valence-electron chi connectivity index (χ3n) is 4.34. The number of ether oxygens (including phenoxy) is 1. The number of benzene rings is 2. The highest BCUT2D eigenvalue weighted by Gasteiger charge is 2.12. The fourth-order valence-corrected chi connectivity index (χ4v) is 3.51. The summed E-state index contributed by atoms with van der Waals surface area (Å²) in [6.07, 6.45) is 0. The van der Waals surface area contributed by atoms with Crippen molar-refractivity contribution in [1.29, 1.82) is 0 Å². The van der Waals surface area contributed by atoms with Gasteiger partial charge in [0, 0.05) is 16.3 Å². The highest BCUT2D eigenvalue weighted by molar-refractivity contribution is 7.12.